The van der Waals surface area contributed by atoms with Gasteiger partial charge < -0.3 is 14.8 Å². The van der Waals surface area contributed by atoms with Crippen LogP contribution in [-0.2, 0) is 17.4 Å². The highest BCUT2D eigenvalue weighted by atomic mass is 35.5. The first-order chi connectivity index (χ1) is 14.8. The third-order valence-corrected chi connectivity index (χ3v) is 6.38. The van der Waals surface area contributed by atoms with Crippen molar-refractivity contribution in [3.8, 4) is 0 Å². The van der Waals surface area contributed by atoms with Crippen molar-refractivity contribution in [2.45, 2.75) is 25.8 Å². The SMILES string of the molecule is C/C=C/C(=O)N1CC[C@@](Nc2ccc3ncn(C)c(=O)c3c2)(c2cccc(Cl)c2C)C1. The number of likely N-dealkylation sites (tertiary alicyclic amines) is 1. The molecule has 4 rings (SSSR count). The quantitative estimate of drug-likeness (QED) is 0.627. The van der Waals surface area contributed by atoms with Crippen LogP contribution in [0.3, 0.4) is 0 Å². The van der Waals surface area contributed by atoms with Gasteiger partial charge in [-0.1, -0.05) is 29.8 Å². The van der Waals surface area contributed by atoms with Gasteiger partial charge in [-0.2, -0.15) is 0 Å². The molecular formula is C24H25ClN4O2. The smallest absolute Gasteiger partial charge is 0.260 e. The predicted molar refractivity (Wildman–Crippen MR) is 124 cm³/mol. The summed E-state index contributed by atoms with van der Waals surface area (Å²) < 4.78 is 1.47. The number of anilines is 1. The van der Waals surface area contributed by atoms with E-state index in [-0.39, 0.29) is 11.5 Å². The van der Waals surface area contributed by atoms with Crippen molar-refractivity contribution >= 4 is 34.1 Å². The molecule has 1 amide bonds. The lowest BCUT2D eigenvalue weighted by atomic mass is 9.85. The van der Waals surface area contributed by atoms with Gasteiger partial charge in [0.15, 0.2) is 0 Å². The number of aromatic nitrogens is 2. The summed E-state index contributed by atoms with van der Waals surface area (Å²) in [4.78, 5) is 31.3. The minimum absolute atomic E-state index is 0.0116. The molecule has 3 aromatic rings. The molecule has 31 heavy (non-hydrogen) atoms. The van der Waals surface area contributed by atoms with E-state index in [2.05, 4.69) is 16.4 Å². The van der Waals surface area contributed by atoms with Crippen LogP contribution in [0.2, 0.25) is 5.02 Å². The molecule has 1 fully saturated rings. The number of benzene rings is 2. The number of rotatable bonds is 4. The predicted octanol–water partition coefficient (Wildman–Crippen LogP) is 4.01. The number of allylic oxidation sites excluding steroid dienone is 1. The molecule has 2 aromatic carbocycles. The van der Waals surface area contributed by atoms with Crippen LogP contribution in [0, 0.1) is 6.92 Å². The van der Waals surface area contributed by atoms with Crippen LogP contribution in [-0.4, -0.2) is 33.4 Å². The molecule has 1 aliphatic rings. The number of fused-ring (bicyclic) bond motifs is 1. The molecule has 1 atom stereocenters. The molecule has 0 unspecified atom stereocenters. The van der Waals surface area contributed by atoms with Crippen molar-refractivity contribution in [3.63, 3.8) is 0 Å². The molecule has 160 valence electrons. The van der Waals surface area contributed by atoms with Gasteiger partial charge in [-0.25, -0.2) is 4.98 Å². The molecule has 6 nitrogen and oxygen atoms in total. The number of nitrogens with zero attached hydrogens (tertiary/aromatic N) is 3. The minimum atomic E-state index is -0.520. The summed E-state index contributed by atoms with van der Waals surface area (Å²) in [5.74, 6) is -0.0116. The molecular weight excluding hydrogens is 412 g/mol. The minimum Gasteiger partial charge on any atom is -0.374 e. The molecule has 0 radical (unpaired) electrons. The second-order valence-corrected chi connectivity index (χ2v) is 8.43. The Bertz CT molecular complexity index is 1250. The van der Waals surface area contributed by atoms with E-state index in [1.54, 1.807) is 19.2 Å². The Morgan fingerprint density at radius 3 is 2.87 bits per heavy atom. The molecule has 1 aromatic heterocycles. The number of hydrogen-bond acceptors (Lipinski definition) is 4. The molecule has 1 saturated heterocycles. The van der Waals surface area contributed by atoms with Crippen molar-refractivity contribution in [1.82, 2.24) is 14.5 Å². The third-order valence-electron chi connectivity index (χ3n) is 5.97. The Kier molecular flexibility index (Phi) is 5.58. The summed E-state index contributed by atoms with van der Waals surface area (Å²) in [7, 11) is 1.69. The van der Waals surface area contributed by atoms with Gasteiger partial charge in [0.25, 0.3) is 5.56 Å². The van der Waals surface area contributed by atoms with E-state index in [9.17, 15) is 9.59 Å². The number of halogens is 1. The number of aryl methyl sites for hydroxylation is 1. The molecule has 2 heterocycles. The first-order valence-electron chi connectivity index (χ1n) is 10.3. The fraction of sp³-hybridized carbons (Fsp3) is 0.292. The summed E-state index contributed by atoms with van der Waals surface area (Å²) >= 11 is 6.45. The molecule has 0 saturated carbocycles. The van der Waals surface area contributed by atoms with Crippen molar-refractivity contribution in [2.24, 2.45) is 7.05 Å². The Balaban J connectivity index is 1.80. The van der Waals surface area contributed by atoms with Crippen LogP contribution < -0.4 is 10.9 Å². The zero-order chi connectivity index (χ0) is 22.2. The summed E-state index contributed by atoms with van der Waals surface area (Å²) in [6.07, 6.45) is 5.59. The highest BCUT2D eigenvalue weighted by Gasteiger charge is 2.42. The van der Waals surface area contributed by atoms with Crippen LogP contribution in [0.4, 0.5) is 5.69 Å². The molecule has 7 heteroatoms. The normalized spacial score (nSPS) is 18.8. The van der Waals surface area contributed by atoms with Crippen molar-refractivity contribution in [1.29, 1.82) is 0 Å². The number of hydrogen-bond donors (Lipinski definition) is 1. The van der Waals surface area contributed by atoms with Gasteiger partial charge in [-0.3, -0.25) is 9.59 Å². The van der Waals surface area contributed by atoms with Gasteiger partial charge >= 0.3 is 0 Å². The van der Waals surface area contributed by atoms with Crippen LogP contribution in [0.15, 0.2) is 59.7 Å². The van der Waals surface area contributed by atoms with Gasteiger partial charge in [0.05, 0.1) is 22.8 Å². The summed E-state index contributed by atoms with van der Waals surface area (Å²) in [6, 6.07) is 11.5. The molecule has 0 bridgehead atoms. The van der Waals surface area contributed by atoms with Crippen LogP contribution >= 0.6 is 11.6 Å². The van der Waals surface area contributed by atoms with Gasteiger partial charge in [0.1, 0.15) is 0 Å². The molecule has 1 aliphatic heterocycles. The average molecular weight is 437 g/mol. The first-order valence-corrected chi connectivity index (χ1v) is 10.6. The van der Waals surface area contributed by atoms with Crippen molar-refractivity contribution < 1.29 is 4.79 Å². The monoisotopic (exact) mass is 436 g/mol. The van der Waals surface area contributed by atoms with Crippen LogP contribution in [0.25, 0.3) is 10.9 Å². The van der Waals surface area contributed by atoms with E-state index in [1.165, 1.54) is 10.9 Å². The fourth-order valence-electron chi connectivity index (χ4n) is 4.33. The summed E-state index contributed by atoms with van der Waals surface area (Å²) in [6.45, 7) is 4.96. The Morgan fingerprint density at radius 1 is 1.29 bits per heavy atom. The second kappa shape index (κ2) is 8.19. The largest absolute Gasteiger partial charge is 0.374 e. The number of carbonyl (C=O) groups is 1. The summed E-state index contributed by atoms with van der Waals surface area (Å²) in [5, 5.41) is 4.89. The second-order valence-electron chi connectivity index (χ2n) is 8.02. The third kappa shape index (κ3) is 3.83. The van der Waals surface area contributed by atoms with Crippen LogP contribution in [0.5, 0.6) is 0 Å². The van der Waals surface area contributed by atoms with Gasteiger partial charge in [-0.15, -0.1) is 0 Å². The first kappa shape index (κ1) is 21.1. The van der Waals surface area contributed by atoms with E-state index in [0.29, 0.717) is 29.0 Å². The maximum absolute atomic E-state index is 12.6. The van der Waals surface area contributed by atoms with Crippen LogP contribution in [0.1, 0.15) is 24.5 Å². The molecule has 1 N–H and O–H groups in total. The lowest BCUT2D eigenvalue weighted by Crippen LogP contribution is -2.40. The van der Waals surface area contributed by atoms with E-state index in [4.69, 9.17) is 11.6 Å². The standard InChI is InChI=1S/C24H25ClN4O2/c1-4-6-22(30)29-12-11-24(14-29,19-7-5-8-20(25)16(19)2)27-17-9-10-21-18(13-17)23(31)28(3)15-26-21/h4-10,13,15,27H,11-12,14H2,1-3H3/b6-4+/t24-/m0/s1. The van der Waals surface area contributed by atoms with Gasteiger partial charge in [0.2, 0.25) is 5.91 Å². The van der Waals surface area contributed by atoms with Crippen molar-refractivity contribution in [3.05, 3.63) is 81.4 Å². The Labute approximate surface area is 186 Å². The van der Waals surface area contributed by atoms with E-state index >= 15 is 0 Å². The average Bonchev–Trinajstić information content (AvgIpc) is 3.18. The van der Waals surface area contributed by atoms with Crippen molar-refractivity contribution in [2.75, 3.05) is 18.4 Å². The topological polar surface area (TPSA) is 67.2 Å². The maximum atomic E-state index is 12.6. The Hall–Kier alpha value is -3.12. The van der Waals surface area contributed by atoms with E-state index < -0.39 is 5.54 Å². The number of nitrogens with one attached hydrogen (secondary N) is 1. The summed E-state index contributed by atoms with van der Waals surface area (Å²) in [5.41, 5.74) is 2.87. The van der Waals surface area contributed by atoms with E-state index in [0.717, 1.165) is 23.2 Å². The van der Waals surface area contributed by atoms with Gasteiger partial charge in [0, 0.05) is 30.8 Å². The maximum Gasteiger partial charge on any atom is 0.260 e. The lowest BCUT2D eigenvalue weighted by Gasteiger charge is -2.34. The van der Waals surface area contributed by atoms with E-state index in [1.807, 2.05) is 49.1 Å². The number of carbonyl (C=O) groups excluding carboxylic acids is 1. The number of amides is 1. The Morgan fingerprint density at radius 2 is 2.10 bits per heavy atom. The zero-order valence-corrected chi connectivity index (χ0v) is 18.6. The fourth-order valence-corrected chi connectivity index (χ4v) is 4.50. The molecule has 0 aliphatic carbocycles. The van der Waals surface area contributed by atoms with Gasteiger partial charge in [-0.05, 0) is 61.7 Å². The zero-order valence-electron chi connectivity index (χ0n) is 17.9. The molecule has 0 spiro atoms. The lowest BCUT2D eigenvalue weighted by molar-refractivity contribution is -0.125. The highest BCUT2D eigenvalue weighted by molar-refractivity contribution is 6.31. The highest BCUT2D eigenvalue weighted by Crippen LogP contribution is 2.39.